The van der Waals surface area contributed by atoms with Crippen molar-refractivity contribution in [2.45, 2.75) is 64.5 Å². The number of hydrogen-bond acceptors (Lipinski definition) is 4. The Morgan fingerprint density at radius 1 is 1.33 bits per heavy atom. The van der Waals surface area contributed by atoms with Crippen LogP contribution in [0.15, 0.2) is 0 Å². The van der Waals surface area contributed by atoms with E-state index < -0.39 is 0 Å². The zero-order chi connectivity index (χ0) is 15.7. The zero-order valence-electron chi connectivity index (χ0n) is 14.5. The number of nitrogens with zero attached hydrogens (tertiary/aromatic N) is 3. The van der Waals surface area contributed by atoms with Gasteiger partial charge in [-0.15, -0.1) is 0 Å². The fraction of sp³-hybridized carbons (Fsp3) is 0.941. The molecule has 1 N–H and O–H groups in total. The summed E-state index contributed by atoms with van der Waals surface area (Å²) in [5.74, 6) is 0. The molecule has 0 aromatic rings. The second-order valence-corrected chi connectivity index (χ2v) is 6.69. The number of likely N-dealkylation sites (N-methyl/N-ethyl adjacent to an activating group) is 1. The molecule has 0 aromatic heterocycles. The van der Waals surface area contributed by atoms with E-state index in [0.29, 0.717) is 6.04 Å². The summed E-state index contributed by atoms with van der Waals surface area (Å²) >= 11 is 0. The molecule has 0 radical (unpaired) electrons. The molecule has 1 aliphatic rings. The van der Waals surface area contributed by atoms with Gasteiger partial charge in [0, 0.05) is 12.6 Å². The molecule has 0 aromatic carbocycles. The summed E-state index contributed by atoms with van der Waals surface area (Å²) in [5, 5.41) is 12.8. The number of nitrogens with one attached hydrogen (secondary N) is 1. The smallest absolute Gasteiger partial charge is 0.103 e. The molecule has 1 saturated heterocycles. The molecule has 2 unspecified atom stereocenters. The van der Waals surface area contributed by atoms with Crippen molar-refractivity contribution in [2.75, 3.05) is 39.8 Å². The molecule has 0 amide bonds. The summed E-state index contributed by atoms with van der Waals surface area (Å²) in [6.07, 6.45) is 5.59. The quantitative estimate of drug-likeness (QED) is 0.747. The molecule has 0 spiro atoms. The molecular weight excluding hydrogens is 260 g/mol. The van der Waals surface area contributed by atoms with Crippen LogP contribution in [0.4, 0.5) is 0 Å². The van der Waals surface area contributed by atoms with Crippen LogP contribution in [-0.4, -0.2) is 61.2 Å². The Bertz CT molecular complexity index is 325. The van der Waals surface area contributed by atoms with Gasteiger partial charge in [0.2, 0.25) is 0 Å². The molecule has 0 bridgehead atoms. The fourth-order valence-corrected chi connectivity index (χ4v) is 3.19. The summed E-state index contributed by atoms with van der Waals surface area (Å²) in [6, 6.07) is 3.13. The maximum atomic E-state index is 9.39. The van der Waals surface area contributed by atoms with Gasteiger partial charge in [-0.1, -0.05) is 13.8 Å². The van der Waals surface area contributed by atoms with Gasteiger partial charge in [0.05, 0.1) is 6.07 Å². The van der Waals surface area contributed by atoms with Gasteiger partial charge in [-0.25, -0.2) is 0 Å². The molecule has 2 atom stereocenters. The number of hydrogen-bond donors (Lipinski definition) is 1. The SMILES string of the molecule is CCCNC(C)(C#N)CCCN1CCCN(C)CC1CC. The van der Waals surface area contributed by atoms with E-state index in [-0.39, 0.29) is 5.54 Å². The van der Waals surface area contributed by atoms with E-state index in [4.69, 9.17) is 0 Å². The Hall–Kier alpha value is -0.630. The third-order valence-electron chi connectivity index (χ3n) is 4.63. The summed E-state index contributed by atoms with van der Waals surface area (Å²) in [7, 11) is 2.23. The highest BCUT2D eigenvalue weighted by Gasteiger charge is 2.25. The predicted molar refractivity (Wildman–Crippen MR) is 89.3 cm³/mol. The van der Waals surface area contributed by atoms with Crippen molar-refractivity contribution in [1.29, 1.82) is 5.26 Å². The standard InChI is InChI=1S/C17H34N4/c1-5-10-19-17(3,15-18)9-7-12-21-13-8-11-20(4)14-16(21)6-2/h16,19H,5-14H2,1-4H3. The molecule has 0 aliphatic carbocycles. The maximum absolute atomic E-state index is 9.39. The van der Waals surface area contributed by atoms with Gasteiger partial charge in [0.1, 0.15) is 5.54 Å². The topological polar surface area (TPSA) is 42.3 Å². The monoisotopic (exact) mass is 294 g/mol. The van der Waals surface area contributed by atoms with E-state index in [0.717, 1.165) is 32.4 Å². The first-order valence-corrected chi connectivity index (χ1v) is 8.63. The normalized spacial score (nSPS) is 24.2. The summed E-state index contributed by atoms with van der Waals surface area (Å²) in [4.78, 5) is 5.09. The van der Waals surface area contributed by atoms with E-state index in [1.54, 1.807) is 0 Å². The second kappa shape index (κ2) is 9.40. The van der Waals surface area contributed by atoms with Gasteiger partial charge in [0.15, 0.2) is 0 Å². The Morgan fingerprint density at radius 3 is 2.71 bits per heavy atom. The third-order valence-corrected chi connectivity index (χ3v) is 4.63. The minimum absolute atomic E-state index is 0.361. The van der Waals surface area contributed by atoms with Gasteiger partial charge < -0.3 is 4.90 Å². The average molecular weight is 294 g/mol. The van der Waals surface area contributed by atoms with Crippen LogP contribution >= 0.6 is 0 Å². The Labute approximate surface area is 131 Å². The highest BCUT2D eigenvalue weighted by molar-refractivity contribution is 5.03. The van der Waals surface area contributed by atoms with Gasteiger partial charge in [-0.2, -0.15) is 5.26 Å². The van der Waals surface area contributed by atoms with Crippen LogP contribution in [0.2, 0.25) is 0 Å². The van der Waals surface area contributed by atoms with Gasteiger partial charge in [-0.3, -0.25) is 10.2 Å². The Morgan fingerprint density at radius 2 is 2.10 bits per heavy atom. The molecule has 122 valence electrons. The Balaban J connectivity index is 2.43. The molecule has 1 heterocycles. The first kappa shape index (κ1) is 18.4. The van der Waals surface area contributed by atoms with Gasteiger partial charge in [0.25, 0.3) is 0 Å². The summed E-state index contributed by atoms with van der Waals surface area (Å²) in [6.45, 7) is 12.1. The Kier molecular flexibility index (Phi) is 8.24. The minimum Gasteiger partial charge on any atom is -0.305 e. The van der Waals surface area contributed by atoms with Crippen LogP contribution in [-0.2, 0) is 0 Å². The lowest BCUT2D eigenvalue weighted by molar-refractivity contribution is 0.176. The van der Waals surface area contributed by atoms with E-state index in [1.807, 2.05) is 6.92 Å². The maximum Gasteiger partial charge on any atom is 0.103 e. The molecule has 1 fully saturated rings. The lowest BCUT2D eigenvalue weighted by Crippen LogP contribution is -2.43. The van der Waals surface area contributed by atoms with Crippen LogP contribution in [0, 0.1) is 11.3 Å². The minimum atomic E-state index is -0.361. The third kappa shape index (κ3) is 6.34. The molecular formula is C17H34N4. The predicted octanol–water partition coefficient (Wildman–Crippen LogP) is 2.46. The first-order valence-electron chi connectivity index (χ1n) is 8.63. The summed E-state index contributed by atoms with van der Waals surface area (Å²) < 4.78 is 0. The van der Waals surface area contributed by atoms with Crippen LogP contribution in [0.5, 0.6) is 0 Å². The van der Waals surface area contributed by atoms with E-state index in [1.165, 1.54) is 32.5 Å². The van der Waals surface area contributed by atoms with E-state index in [2.05, 4.69) is 42.1 Å². The molecule has 0 saturated carbocycles. The van der Waals surface area contributed by atoms with Gasteiger partial charge in [-0.05, 0) is 72.3 Å². The van der Waals surface area contributed by atoms with Crippen LogP contribution in [0.1, 0.15) is 52.9 Å². The lowest BCUT2D eigenvalue weighted by Gasteiger charge is -2.31. The lowest BCUT2D eigenvalue weighted by atomic mass is 9.97. The van der Waals surface area contributed by atoms with Crippen molar-refractivity contribution < 1.29 is 0 Å². The fourth-order valence-electron chi connectivity index (χ4n) is 3.19. The van der Waals surface area contributed by atoms with Crippen LogP contribution in [0.25, 0.3) is 0 Å². The molecule has 1 rings (SSSR count). The highest BCUT2D eigenvalue weighted by atomic mass is 15.2. The van der Waals surface area contributed by atoms with Crippen molar-refractivity contribution in [3.05, 3.63) is 0 Å². The van der Waals surface area contributed by atoms with E-state index in [9.17, 15) is 5.26 Å². The van der Waals surface area contributed by atoms with Crippen molar-refractivity contribution in [2.24, 2.45) is 0 Å². The number of nitriles is 1. The molecule has 21 heavy (non-hydrogen) atoms. The van der Waals surface area contributed by atoms with Gasteiger partial charge >= 0.3 is 0 Å². The van der Waals surface area contributed by atoms with Crippen LogP contribution < -0.4 is 5.32 Å². The van der Waals surface area contributed by atoms with E-state index >= 15 is 0 Å². The molecule has 1 aliphatic heterocycles. The number of rotatable bonds is 8. The van der Waals surface area contributed by atoms with Crippen molar-refractivity contribution in [3.8, 4) is 6.07 Å². The van der Waals surface area contributed by atoms with Crippen molar-refractivity contribution >= 4 is 0 Å². The second-order valence-electron chi connectivity index (χ2n) is 6.69. The molecule has 4 heteroatoms. The van der Waals surface area contributed by atoms with Crippen LogP contribution in [0.3, 0.4) is 0 Å². The largest absolute Gasteiger partial charge is 0.305 e. The zero-order valence-corrected chi connectivity index (χ0v) is 14.5. The highest BCUT2D eigenvalue weighted by Crippen LogP contribution is 2.16. The molecule has 4 nitrogen and oxygen atoms in total. The van der Waals surface area contributed by atoms with Crippen molar-refractivity contribution in [3.63, 3.8) is 0 Å². The van der Waals surface area contributed by atoms with Crippen molar-refractivity contribution in [1.82, 2.24) is 15.1 Å². The first-order chi connectivity index (χ1) is 10.0. The summed E-state index contributed by atoms with van der Waals surface area (Å²) in [5.41, 5.74) is -0.361. The average Bonchev–Trinajstić information content (AvgIpc) is 2.66.